The molecule has 0 aromatic carbocycles. The van der Waals surface area contributed by atoms with Gasteiger partial charge in [0.1, 0.15) is 17.4 Å². The smallest absolute Gasteiger partial charge is 0.255 e. The summed E-state index contributed by atoms with van der Waals surface area (Å²) < 4.78 is 18.4. The van der Waals surface area contributed by atoms with Crippen molar-refractivity contribution < 1.29 is 13.6 Å². The molecule has 0 aliphatic rings. The van der Waals surface area contributed by atoms with Gasteiger partial charge in [-0.15, -0.1) is 0 Å². The third-order valence-corrected chi connectivity index (χ3v) is 2.68. The van der Waals surface area contributed by atoms with Gasteiger partial charge in [0.15, 0.2) is 0 Å². The maximum atomic E-state index is 13.2. The predicted molar refractivity (Wildman–Crippen MR) is 73.1 cm³/mol. The van der Waals surface area contributed by atoms with Crippen LogP contribution in [0.25, 0.3) is 0 Å². The molecule has 0 fully saturated rings. The molecule has 0 bridgehead atoms. The van der Waals surface area contributed by atoms with Crippen molar-refractivity contribution in [3.8, 4) is 0 Å². The van der Waals surface area contributed by atoms with Gasteiger partial charge in [0.2, 0.25) is 0 Å². The Morgan fingerprint density at radius 2 is 2.35 bits per heavy atom. The van der Waals surface area contributed by atoms with Gasteiger partial charge < -0.3 is 15.1 Å². The molecule has 20 heavy (non-hydrogen) atoms. The number of halogens is 1. The topological polar surface area (TPSA) is 67.2 Å². The van der Waals surface area contributed by atoms with Crippen molar-refractivity contribution in [2.45, 2.75) is 13.3 Å². The fraction of sp³-hybridized carbons (Fsp3) is 0.286. The molecule has 5 nitrogen and oxygen atoms in total. The van der Waals surface area contributed by atoms with Crippen LogP contribution in [0.5, 0.6) is 0 Å². The Kier molecular flexibility index (Phi) is 4.70. The first kappa shape index (κ1) is 14.0. The number of pyridine rings is 1. The standard InChI is InChI=1S/C14H16FN3O2/c1-2-16-13-12(8-10(15)9-18-13)14(19)17-6-5-11-4-3-7-20-11/h3-4,7-9H,2,5-6H2,1H3,(H,16,18)(H,17,19). The first-order chi connectivity index (χ1) is 9.70. The monoisotopic (exact) mass is 277 g/mol. The number of carbonyl (C=O) groups excluding carboxylic acids is 1. The van der Waals surface area contributed by atoms with Crippen LogP contribution in [0.2, 0.25) is 0 Å². The summed E-state index contributed by atoms with van der Waals surface area (Å²) >= 11 is 0. The number of anilines is 1. The molecule has 0 spiro atoms. The van der Waals surface area contributed by atoms with Crippen LogP contribution in [0, 0.1) is 5.82 Å². The van der Waals surface area contributed by atoms with Crippen molar-refractivity contribution in [2.75, 3.05) is 18.4 Å². The van der Waals surface area contributed by atoms with Crippen molar-refractivity contribution in [1.29, 1.82) is 0 Å². The summed E-state index contributed by atoms with van der Waals surface area (Å²) in [6.07, 6.45) is 3.24. The third-order valence-electron chi connectivity index (χ3n) is 2.68. The maximum absolute atomic E-state index is 13.2. The van der Waals surface area contributed by atoms with E-state index >= 15 is 0 Å². The van der Waals surface area contributed by atoms with Gasteiger partial charge in [0, 0.05) is 19.5 Å². The fourth-order valence-corrected chi connectivity index (χ4v) is 1.77. The molecule has 0 radical (unpaired) electrons. The minimum atomic E-state index is -0.539. The molecule has 0 unspecified atom stereocenters. The zero-order valence-corrected chi connectivity index (χ0v) is 11.1. The van der Waals surface area contributed by atoms with Crippen LogP contribution in [0.15, 0.2) is 35.1 Å². The van der Waals surface area contributed by atoms with E-state index in [1.807, 2.05) is 13.0 Å². The van der Waals surface area contributed by atoms with Gasteiger partial charge in [-0.05, 0) is 25.1 Å². The van der Waals surface area contributed by atoms with Gasteiger partial charge in [-0.25, -0.2) is 9.37 Å². The highest BCUT2D eigenvalue weighted by Gasteiger charge is 2.13. The molecule has 6 heteroatoms. The van der Waals surface area contributed by atoms with E-state index in [0.29, 0.717) is 25.3 Å². The lowest BCUT2D eigenvalue weighted by Crippen LogP contribution is -2.27. The molecule has 0 saturated heterocycles. The molecule has 2 rings (SSSR count). The van der Waals surface area contributed by atoms with Gasteiger partial charge in [0.05, 0.1) is 18.0 Å². The van der Waals surface area contributed by atoms with Gasteiger partial charge in [0.25, 0.3) is 5.91 Å². The average molecular weight is 277 g/mol. The van der Waals surface area contributed by atoms with E-state index in [9.17, 15) is 9.18 Å². The quantitative estimate of drug-likeness (QED) is 0.849. The van der Waals surface area contributed by atoms with Gasteiger partial charge in [-0.3, -0.25) is 4.79 Å². The Hall–Kier alpha value is -2.37. The Bertz CT molecular complexity index is 570. The number of hydrogen-bond acceptors (Lipinski definition) is 4. The van der Waals surface area contributed by atoms with E-state index in [1.54, 1.807) is 12.3 Å². The zero-order chi connectivity index (χ0) is 14.4. The number of carbonyl (C=O) groups is 1. The van der Waals surface area contributed by atoms with Crippen LogP contribution in [0.1, 0.15) is 23.0 Å². The molecular formula is C14H16FN3O2. The van der Waals surface area contributed by atoms with Crippen molar-refractivity contribution in [3.63, 3.8) is 0 Å². The van der Waals surface area contributed by atoms with E-state index in [-0.39, 0.29) is 11.5 Å². The SMILES string of the molecule is CCNc1ncc(F)cc1C(=O)NCCc1ccco1. The summed E-state index contributed by atoms with van der Waals surface area (Å²) in [5, 5.41) is 5.65. The number of aromatic nitrogens is 1. The van der Waals surface area contributed by atoms with Crippen LogP contribution in [0.3, 0.4) is 0 Å². The number of nitrogens with one attached hydrogen (secondary N) is 2. The second-order valence-electron chi connectivity index (χ2n) is 4.17. The van der Waals surface area contributed by atoms with E-state index in [0.717, 1.165) is 12.0 Å². The molecular weight excluding hydrogens is 261 g/mol. The summed E-state index contributed by atoms with van der Waals surface area (Å²) in [4.78, 5) is 15.9. The lowest BCUT2D eigenvalue weighted by Gasteiger charge is -2.09. The molecule has 2 heterocycles. The lowest BCUT2D eigenvalue weighted by atomic mass is 10.2. The summed E-state index contributed by atoms with van der Waals surface area (Å²) in [6.45, 7) is 2.89. The molecule has 2 aromatic rings. The predicted octanol–water partition coefficient (Wildman–Crippen LogP) is 2.22. The highest BCUT2D eigenvalue weighted by Crippen LogP contribution is 2.13. The zero-order valence-electron chi connectivity index (χ0n) is 11.1. The van der Waals surface area contributed by atoms with Crippen LogP contribution in [-0.2, 0) is 6.42 Å². The minimum absolute atomic E-state index is 0.200. The second kappa shape index (κ2) is 6.70. The van der Waals surface area contributed by atoms with Crippen LogP contribution >= 0.6 is 0 Å². The summed E-state index contributed by atoms with van der Waals surface area (Å²) in [7, 11) is 0. The van der Waals surface area contributed by atoms with Gasteiger partial charge >= 0.3 is 0 Å². The molecule has 0 aliphatic carbocycles. The Morgan fingerprint density at radius 3 is 3.05 bits per heavy atom. The largest absolute Gasteiger partial charge is 0.469 e. The van der Waals surface area contributed by atoms with E-state index in [4.69, 9.17) is 4.42 Å². The van der Waals surface area contributed by atoms with Gasteiger partial charge in [-0.1, -0.05) is 0 Å². The van der Waals surface area contributed by atoms with Crippen LogP contribution in [0.4, 0.5) is 10.2 Å². The number of furan rings is 1. The fourth-order valence-electron chi connectivity index (χ4n) is 1.77. The molecule has 0 atom stereocenters. The van der Waals surface area contributed by atoms with Gasteiger partial charge in [-0.2, -0.15) is 0 Å². The summed E-state index contributed by atoms with van der Waals surface area (Å²) in [6, 6.07) is 4.80. The maximum Gasteiger partial charge on any atom is 0.255 e. The Morgan fingerprint density at radius 1 is 1.50 bits per heavy atom. The number of rotatable bonds is 6. The van der Waals surface area contributed by atoms with Crippen molar-refractivity contribution in [3.05, 3.63) is 47.8 Å². The highest BCUT2D eigenvalue weighted by molar-refractivity contribution is 5.98. The minimum Gasteiger partial charge on any atom is -0.469 e. The number of amides is 1. The van der Waals surface area contributed by atoms with Crippen molar-refractivity contribution >= 4 is 11.7 Å². The normalized spacial score (nSPS) is 10.3. The van der Waals surface area contributed by atoms with E-state index < -0.39 is 5.82 Å². The molecule has 1 amide bonds. The first-order valence-electron chi connectivity index (χ1n) is 6.40. The molecule has 2 N–H and O–H groups in total. The van der Waals surface area contributed by atoms with Crippen LogP contribution in [-0.4, -0.2) is 24.0 Å². The Balaban J connectivity index is 1.99. The molecule has 2 aromatic heterocycles. The summed E-state index contributed by atoms with van der Waals surface area (Å²) in [5.41, 5.74) is 0.200. The second-order valence-corrected chi connectivity index (χ2v) is 4.17. The lowest BCUT2D eigenvalue weighted by molar-refractivity contribution is 0.0953. The molecule has 0 aliphatic heterocycles. The number of nitrogens with zero attached hydrogens (tertiary/aromatic N) is 1. The van der Waals surface area contributed by atoms with E-state index in [1.165, 1.54) is 6.07 Å². The molecule has 106 valence electrons. The highest BCUT2D eigenvalue weighted by atomic mass is 19.1. The summed E-state index contributed by atoms with van der Waals surface area (Å²) in [5.74, 6) is 0.265. The number of hydrogen-bond donors (Lipinski definition) is 2. The van der Waals surface area contributed by atoms with Crippen LogP contribution < -0.4 is 10.6 Å². The first-order valence-corrected chi connectivity index (χ1v) is 6.40. The third kappa shape index (κ3) is 3.57. The van der Waals surface area contributed by atoms with Crippen molar-refractivity contribution in [2.24, 2.45) is 0 Å². The average Bonchev–Trinajstić information content (AvgIpc) is 2.94. The molecule has 0 saturated carbocycles. The van der Waals surface area contributed by atoms with Crippen molar-refractivity contribution in [1.82, 2.24) is 10.3 Å². The van der Waals surface area contributed by atoms with E-state index in [2.05, 4.69) is 15.6 Å². The Labute approximate surface area is 116 Å².